The molecule has 1 fully saturated rings. The first kappa shape index (κ1) is 21.2. The number of esters is 1. The van der Waals surface area contributed by atoms with Crippen molar-refractivity contribution in [2.45, 2.75) is 57.7 Å². The molecule has 29 heavy (non-hydrogen) atoms. The zero-order valence-corrected chi connectivity index (χ0v) is 16.6. The molecule has 0 saturated heterocycles. The largest absolute Gasteiger partial charge is 0.486 e. The lowest BCUT2D eigenvalue weighted by atomic mass is 9.77. The lowest BCUT2D eigenvalue weighted by Crippen LogP contribution is -2.43. The maximum atomic E-state index is 13.6. The molecule has 0 aromatic heterocycles. The minimum atomic E-state index is -4.58. The summed E-state index contributed by atoms with van der Waals surface area (Å²) in [5, 5.41) is 0. The summed E-state index contributed by atoms with van der Waals surface area (Å²) in [5.41, 5.74) is -1.52. The summed E-state index contributed by atoms with van der Waals surface area (Å²) in [6, 6.07) is 11.6. The van der Waals surface area contributed by atoms with E-state index < -0.39 is 23.3 Å². The predicted octanol–water partition coefficient (Wildman–Crippen LogP) is 6.66. The van der Waals surface area contributed by atoms with Crippen LogP contribution in [0, 0.1) is 5.92 Å². The van der Waals surface area contributed by atoms with Crippen LogP contribution in [0.15, 0.2) is 48.5 Å². The van der Waals surface area contributed by atoms with Gasteiger partial charge in [-0.15, -0.1) is 0 Å². The Kier molecular flexibility index (Phi) is 6.20. The van der Waals surface area contributed by atoms with Gasteiger partial charge in [0, 0.05) is 0 Å². The van der Waals surface area contributed by atoms with E-state index in [0.29, 0.717) is 18.6 Å². The topological polar surface area (TPSA) is 35.5 Å². The number of hydrogen-bond acceptors (Lipinski definition) is 3. The molecule has 0 spiro atoms. The van der Waals surface area contributed by atoms with Crippen LogP contribution >= 0.6 is 0 Å². The fourth-order valence-corrected chi connectivity index (χ4v) is 3.79. The average molecular weight is 406 g/mol. The molecule has 0 aliphatic heterocycles. The Morgan fingerprint density at radius 3 is 2.24 bits per heavy atom. The fourth-order valence-electron chi connectivity index (χ4n) is 3.79. The molecular formula is C23H25F3O3. The molecular weight excluding hydrogens is 381 g/mol. The van der Waals surface area contributed by atoms with E-state index in [9.17, 15) is 18.0 Å². The van der Waals surface area contributed by atoms with Crippen molar-refractivity contribution in [1.82, 2.24) is 0 Å². The van der Waals surface area contributed by atoms with Gasteiger partial charge in [0.1, 0.15) is 17.1 Å². The maximum Gasteiger partial charge on any atom is 0.419 e. The van der Waals surface area contributed by atoms with Crippen molar-refractivity contribution < 1.29 is 27.4 Å². The number of alkyl halides is 3. The van der Waals surface area contributed by atoms with Gasteiger partial charge in [0.25, 0.3) is 0 Å². The lowest BCUT2D eigenvalue weighted by Gasteiger charge is -2.41. The second-order valence-electron chi connectivity index (χ2n) is 7.79. The molecule has 3 rings (SSSR count). The number of ether oxygens (including phenoxy) is 2. The second kappa shape index (κ2) is 8.47. The van der Waals surface area contributed by atoms with E-state index in [2.05, 4.69) is 0 Å². The molecule has 1 aliphatic rings. The van der Waals surface area contributed by atoms with E-state index in [0.717, 1.165) is 37.5 Å². The van der Waals surface area contributed by atoms with E-state index in [1.807, 2.05) is 13.8 Å². The number of hydrogen-bond donors (Lipinski definition) is 0. The third kappa shape index (κ3) is 4.92. The summed E-state index contributed by atoms with van der Waals surface area (Å²) in [7, 11) is 0. The highest BCUT2D eigenvalue weighted by Crippen LogP contribution is 2.43. The Morgan fingerprint density at radius 1 is 1.00 bits per heavy atom. The van der Waals surface area contributed by atoms with Gasteiger partial charge in [-0.3, -0.25) is 0 Å². The quantitative estimate of drug-likeness (QED) is 0.411. The van der Waals surface area contributed by atoms with Gasteiger partial charge in [-0.1, -0.05) is 38.5 Å². The Morgan fingerprint density at radius 2 is 1.66 bits per heavy atom. The van der Waals surface area contributed by atoms with Crippen LogP contribution in [0.5, 0.6) is 11.5 Å². The van der Waals surface area contributed by atoms with E-state index in [1.165, 1.54) is 0 Å². The van der Waals surface area contributed by atoms with Crippen LogP contribution in [0.2, 0.25) is 0 Å². The van der Waals surface area contributed by atoms with E-state index in [4.69, 9.17) is 9.47 Å². The van der Waals surface area contributed by atoms with Crippen LogP contribution in [0.3, 0.4) is 0 Å². The zero-order valence-electron chi connectivity index (χ0n) is 16.6. The third-order valence-corrected chi connectivity index (χ3v) is 5.54. The molecule has 1 saturated carbocycles. The Labute approximate surface area is 168 Å². The van der Waals surface area contributed by atoms with Gasteiger partial charge < -0.3 is 9.47 Å². The average Bonchev–Trinajstić information content (AvgIpc) is 2.68. The van der Waals surface area contributed by atoms with Crippen LogP contribution in [0.1, 0.15) is 61.9 Å². The maximum absolute atomic E-state index is 13.6. The SMILES string of the molecule is CC(C)C1(Oc2cc(C(=O)Oc3ccccc3)ccc2C(F)(F)F)CCCCC1. The molecule has 0 N–H and O–H groups in total. The second-order valence-corrected chi connectivity index (χ2v) is 7.79. The molecule has 1 aliphatic carbocycles. The molecule has 2 aromatic carbocycles. The number of halogens is 3. The summed E-state index contributed by atoms with van der Waals surface area (Å²) in [4.78, 5) is 12.5. The molecule has 0 amide bonds. The van der Waals surface area contributed by atoms with Crippen LogP contribution < -0.4 is 9.47 Å². The first-order valence-corrected chi connectivity index (χ1v) is 9.89. The number of rotatable bonds is 5. The van der Waals surface area contributed by atoms with E-state index in [-0.39, 0.29) is 17.2 Å². The van der Waals surface area contributed by atoms with Gasteiger partial charge in [-0.05, 0) is 61.9 Å². The minimum Gasteiger partial charge on any atom is -0.486 e. The van der Waals surface area contributed by atoms with Gasteiger partial charge in [0.2, 0.25) is 0 Å². The first-order chi connectivity index (χ1) is 13.7. The summed E-state index contributed by atoms with van der Waals surface area (Å²) in [6.07, 6.45) is -0.316. The number of carbonyl (C=O) groups is 1. The zero-order chi connectivity index (χ0) is 21.1. The fraction of sp³-hybridized carbons (Fsp3) is 0.435. The molecule has 2 aromatic rings. The van der Waals surface area contributed by atoms with E-state index in [1.54, 1.807) is 30.3 Å². The highest BCUT2D eigenvalue weighted by atomic mass is 19.4. The molecule has 0 bridgehead atoms. The van der Waals surface area contributed by atoms with Crippen LogP contribution in [0.25, 0.3) is 0 Å². The monoisotopic (exact) mass is 406 g/mol. The van der Waals surface area contributed by atoms with Crippen LogP contribution in [-0.2, 0) is 6.18 Å². The third-order valence-electron chi connectivity index (χ3n) is 5.54. The Hall–Kier alpha value is -2.50. The van der Waals surface area contributed by atoms with E-state index >= 15 is 0 Å². The highest BCUT2D eigenvalue weighted by Gasteiger charge is 2.41. The van der Waals surface area contributed by atoms with Crippen molar-refractivity contribution in [3.05, 3.63) is 59.7 Å². The van der Waals surface area contributed by atoms with Crippen molar-refractivity contribution in [3.63, 3.8) is 0 Å². The molecule has 0 radical (unpaired) electrons. The highest BCUT2D eigenvalue weighted by molar-refractivity contribution is 5.91. The predicted molar refractivity (Wildman–Crippen MR) is 104 cm³/mol. The molecule has 6 heteroatoms. The molecule has 3 nitrogen and oxygen atoms in total. The van der Waals surface area contributed by atoms with Crippen molar-refractivity contribution in [2.24, 2.45) is 5.92 Å². The normalized spacial score (nSPS) is 16.5. The number of para-hydroxylation sites is 1. The Bertz CT molecular complexity index is 838. The summed E-state index contributed by atoms with van der Waals surface area (Å²) in [6.45, 7) is 3.93. The Balaban J connectivity index is 1.95. The van der Waals surface area contributed by atoms with Crippen molar-refractivity contribution in [2.75, 3.05) is 0 Å². The molecule has 156 valence electrons. The van der Waals surface area contributed by atoms with Gasteiger partial charge in [0.05, 0.1) is 11.1 Å². The van der Waals surface area contributed by atoms with Gasteiger partial charge in [-0.2, -0.15) is 13.2 Å². The van der Waals surface area contributed by atoms with Crippen LogP contribution in [-0.4, -0.2) is 11.6 Å². The molecule has 0 atom stereocenters. The minimum absolute atomic E-state index is 0.0200. The summed E-state index contributed by atoms with van der Waals surface area (Å²) < 4.78 is 52.2. The van der Waals surface area contributed by atoms with Gasteiger partial charge >= 0.3 is 12.1 Å². The summed E-state index contributed by atoms with van der Waals surface area (Å²) in [5.74, 6) is -0.665. The smallest absolute Gasteiger partial charge is 0.419 e. The van der Waals surface area contributed by atoms with Crippen molar-refractivity contribution in [1.29, 1.82) is 0 Å². The van der Waals surface area contributed by atoms with Gasteiger partial charge in [0.15, 0.2) is 0 Å². The standard InChI is InChI=1S/C23H25F3O3/c1-16(2)22(13-7-4-8-14-22)29-20-15-17(11-12-19(20)23(24,25)26)21(27)28-18-9-5-3-6-10-18/h3,5-6,9-12,15-16H,4,7-8,13-14H2,1-2H3. The number of carbonyl (C=O) groups excluding carboxylic acids is 1. The lowest BCUT2D eigenvalue weighted by molar-refractivity contribution is -0.141. The van der Waals surface area contributed by atoms with Gasteiger partial charge in [-0.25, -0.2) is 4.79 Å². The van der Waals surface area contributed by atoms with Crippen molar-refractivity contribution >= 4 is 5.97 Å². The van der Waals surface area contributed by atoms with Crippen LogP contribution in [0.4, 0.5) is 13.2 Å². The first-order valence-electron chi connectivity index (χ1n) is 9.89. The molecule has 0 unspecified atom stereocenters. The molecule has 0 heterocycles. The number of benzene rings is 2. The van der Waals surface area contributed by atoms with Crippen molar-refractivity contribution in [3.8, 4) is 11.5 Å². The summed E-state index contributed by atoms with van der Waals surface area (Å²) >= 11 is 0.